The fraction of sp³-hybridized carbons (Fsp3) is 0.474. The van der Waals surface area contributed by atoms with Gasteiger partial charge in [0.25, 0.3) is 5.91 Å². The third kappa shape index (κ3) is 10.7. The molecule has 9 heteroatoms. The summed E-state index contributed by atoms with van der Waals surface area (Å²) in [4.78, 5) is 30.3. The Morgan fingerprint density at radius 2 is 1.60 bits per heavy atom. The van der Waals surface area contributed by atoms with Gasteiger partial charge in [0.15, 0.2) is 0 Å². The molecule has 1 saturated heterocycles. The fourth-order valence-electron chi connectivity index (χ4n) is 5.69. The molecule has 1 aliphatic rings. The van der Waals surface area contributed by atoms with Gasteiger partial charge in [-0.05, 0) is 118 Å². The molecule has 3 aromatic rings. The zero-order valence-corrected chi connectivity index (χ0v) is 28.7. The Kier molecular flexibility index (Phi) is 13.9. The molecule has 254 valence electrons. The SMILES string of the molecule is CCCCN1CCC(Oc2ccc(C(=O)N(CCOC)c3ccc(Oc4ccc(NC(=O)NC(CC)CC)cc4)cc3)cc2C)CC1. The number of methoxy groups -OCH3 is 1. The van der Waals surface area contributed by atoms with Crippen LogP contribution in [0.3, 0.4) is 0 Å². The van der Waals surface area contributed by atoms with Crippen molar-refractivity contribution in [3.8, 4) is 17.2 Å². The van der Waals surface area contributed by atoms with Gasteiger partial charge in [0.05, 0.1) is 6.61 Å². The largest absolute Gasteiger partial charge is 0.490 e. The maximum absolute atomic E-state index is 13.8. The van der Waals surface area contributed by atoms with Crippen molar-refractivity contribution in [2.45, 2.75) is 78.4 Å². The fourth-order valence-corrected chi connectivity index (χ4v) is 5.69. The molecule has 3 amide bonds. The standard InChI is InChI=1S/C38H52N4O5/c1-6-9-22-41-23-20-35(21-24-41)47-36-19-10-29(27-28(36)4)37(43)42(25-26-45-5)32-13-17-34(18-14-32)46-33-15-11-31(12-16-33)40-38(44)39-30(7-2)8-3/h10-19,27,30,35H,6-9,20-26H2,1-5H3,(H2,39,40,44). The number of unbranched alkanes of at least 4 members (excludes halogenated alkanes) is 1. The summed E-state index contributed by atoms with van der Waals surface area (Å²) in [6, 6.07) is 20.3. The molecule has 1 fully saturated rings. The van der Waals surface area contributed by atoms with Gasteiger partial charge in [0.2, 0.25) is 0 Å². The van der Waals surface area contributed by atoms with E-state index in [2.05, 4.69) is 36.3 Å². The molecule has 1 heterocycles. The van der Waals surface area contributed by atoms with Gasteiger partial charge in [-0.2, -0.15) is 0 Å². The Hall–Kier alpha value is -4.08. The van der Waals surface area contributed by atoms with Crippen molar-refractivity contribution < 1.29 is 23.8 Å². The van der Waals surface area contributed by atoms with E-state index in [0.717, 1.165) is 55.8 Å². The second-order valence-electron chi connectivity index (χ2n) is 12.2. The van der Waals surface area contributed by atoms with Crippen LogP contribution in [0.2, 0.25) is 0 Å². The van der Waals surface area contributed by atoms with Gasteiger partial charge in [0.1, 0.15) is 23.4 Å². The number of nitrogens with one attached hydrogen (secondary N) is 2. The van der Waals surface area contributed by atoms with Gasteiger partial charge in [-0.3, -0.25) is 4.79 Å². The Bertz CT molecular complexity index is 1400. The monoisotopic (exact) mass is 644 g/mol. The van der Waals surface area contributed by atoms with Gasteiger partial charge in [0, 0.05) is 49.7 Å². The molecule has 0 atom stereocenters. The number of carbonyl (C=O) groups is 2. The minimum atomic E-state index is -0.219. The Morgan fingerprint density at radius 1 is 0.936 bits per heavy atom. The number of piperidine rings is 1. The van der Waals surface area contributed by atoms with Crippen molar-refractivity contribution >= 4 is 23.3 Å². The first-order valence-corrected chi connectivity index (χ1v) is 17.1. The van der Waals surface area contributed by atoms with E-state index in [9.17, 15) is 9.59 Å². The van der Waals surface area contributed by atoms with Crippen molar-refractivity contribution in [2.75, 3.05) is 50.1 Å². The first kappa shape index (κ1) is 35.8. The number of benzene rings is 3. The molecular formula is C38H52N4O5. The highest BCUT2D eigenvalue weighted by atomic mass is 16.5. The normalized spacial score (nSPS) is 13.7. The summed E-state index contributed by atoms with van der Waals surface area (Å²) in [6.07, 6.45) is 6.48. The van der Waals surface area contributed by atoms with Crippen LogP contribution in [0.5, 0.6) is 17.2 Å². The van der Waals surface area contributed by atoms with Gasteiger partial charge in [-0.25, -0.2) is 4.79 Å². The number of nitrogens with zero attached hydrogens (tertiary/aromatic N) is 2. The summed E-state index contributed by atoms with van der Waals surface area (Å²) in [5.74, 6) is 2.00. The zero-order valence-electron chi connectivity index (χ0n) is 28.7. The summed E-state index contributed by atoms with van der Waals surface area (Å²) in [7, 11) is 1.63. The quantitative estimate of drug-likeness (QED) is 0.164. The number of carbonyl (C=O) groups excluding carboxylic acids is 2. The minimum absolute atomic E-state index is 0.106. The summed E-state index contributed by atoms with van der Waals surface area (Å²) < 4.78 is 17.8. The van der Waals surface area contributed by atoms with E-state index in [-0.39, 0.29) is 24.1 Å². The number of ether oxygens (including phenoxy) is 3. The summed E-state index contributed by atoms with van der Waals surface area (Å²) in [6.45, 7) is 12.5. The molecule has 0 bridgehead atoms. The number of amides is 3. The predicted octanol–water partition coefficient (Wildman–Crippen LogP) is 8.03. The van der Waals surface area contributed by atoms with Crippen LogP contribution >= 0.6 is 0 Å². The van der Waals surface area contributed by atoms with Crippen molar-refractivity contribution in [1.82, 2.24) is 10.2 Å². The van der Waals surface area contributed by atoms with E-state index in [1.165, 1.54) is 19.4 Å². The lowest BCUT2D eigenvalue weighted by molar-refractivity contribution is 0.0972. The van der Waals surface area contributed by atoms with E-state index >= 15 is 0 Å². The lowest BCUT2D eigenvalue weighted by atomic mass is 10.1. The maximum Gasteiger partial charge on any atom is 0.319 e. The molecule has 47 heavy (non-hydrogen) atoms. The molecular weight excluding hydrogens is 592 g/mol. The van der Waals surface area contributed by atoms with Crippen LogP contribution in [-0.2, 0) is 4.74 Å². The van der Waals surface area contributed by atoms with E-state index in [4.69, 9.17) is 14.2 Å². The molecule has 3 aromatic carbocycles. The number of aryl methyl sites for hydroxylation is 1. The maximum atomic E-state index is 13.8. The van der Waals surface area contributed by atoms with Crippen LogP contribution in [-0.4, -0.2) is 68.9 Å². The second-order valence-corrected chi connectivity index (χ2v) is 12.2. The molecule has 0 unspecified atom stereocenters. The van der Waals surface area contributed by atoms with E-state index in [1.54, 1.807) is 36.3 Å². The topological polar surface area (TPSA) is 92.4 Å². The van der Waals surface area contributed by atoms with E-state index in [0.29, 0.717) is 35.9 Å². The number of hydrogen-bond donors (Lipinski definition) is 2. The van der Waals surface area contributed by atoms with Gasteiger partial charge >= 0.3 is 6.03 Å². The van der Waals surface area contributed by atoms with Crippen LogP contribution in [0.4, 0.5) is 16.2 Å². The Morgan fingerprint density at radius 3 is 2.19 bits per heavy atom. The van der Waals surface area contributed by atoms with Crippen LogP contribution in [0, 0.1) is 6.92 Å². The Labute approximate surface area is 280 Å². The third-order valence-electron chi connectivity index (χ3n) is 8.66. The lowest BCUT2D eigenvalue weighted by Crippen LogP contribution is -2.38. The van der Waals surface area contributed by atoms with Crippen molar-refractivity contribution in [1.29, 1.82) is 0 Å². The number of rotatable bonds is 16. The highest BCUT2D eigenvalue weighted by Gasteiger charge is 2.22. The molecule has 1 aliphatic heterocycles. The van der Waals surface area contributed by atoms with Crippen molar-refractivity contribution in [3.63, 3.8) is 0 Å². The molecule has 0 aromatic heterocycles. The summed E-state index contributed by atoms with van der Waals surface area (Å²) >= 11 is 0. The Balaban J connectivity index is 1.36. The zero-order chi connectivity index (χ0) is 33.6. The third-order valence-corrected chi connectivity index (χ3v) is 8.66. The smallest absolute Gasteiger partial charge is 0.319 e. The molecule has 2 N–H and O–H groups in total. The second kappa shape index (κ2) is 18.3. The molecule has 4 rings (SSSR count). The van der Waals surface area contributed by atoms with Crippen molar-refractivity contribution in [3.05, 3.63) is 77.9 Å². The average molecular weight is 645 g/mol. The highest BCUT2D eigenvalue weighted by molar-refractivity contribution is 6.06. The van der Waals surface area contributed by atoms with Gasteiger partial charge in [-0.15, -0.1) is 0 Å². The first-order chi connectivity index (χ1) is 22.8. The molecule has 9 nitrogen and oxygen atoms in total. The van der Waals surface area contributed by atoms with Crippen LogP contribution in [0.25, 0.3) is 0 Å². The van der Waals surface area contributed by atoms with E-state index < -0.39 is 0 Å². The van der Waals surface area contributed by atoms with Crippen LogP contribution < -0.4 is 25.0 Å². The lowest BCUT2D eigenvalue weighted by Gasteiger charge is -2.32. The predicted molar refractivity (Wildman–Crippen MR) is 189 cm³/mol. The molecule has 0 spiro atoms. The highest BCUT2D eigenvalue weighted by Crippen LogP contribution is 2.28. The average Bonchev–Trinajstić information content (AvgIpc) is 3.09. The molecule has 0 aliphatic carbocycles. The molecule has 0 saturated carbocycles. The van der Waals surface area contributed by atoms with Gasteiger partial charge in [-0.1, -0.05) is 27.2 Å². The van der Waals surface area contributed by atoms with Crippen LogP contribution in [0.1, 0.15) is 75.2 Å². The summed E-state index contributed by atoms with van der Waals surface area (Å²) in [5, 5.41) is 5.83. The van der Waals surface area contributed by atoms with Gasteiger partial charge < -0.3 is 34.6 Å². The molecule has 0 radical (unpaired) electrons. The van der Waals surface area contributed by atoms with E-state index in [1.807, 2.05) is 49.4 Å². The number of urea groups is 1. The number of likely N-dealkylation sites (tertiary alicyclic amines) is 1. The van der Waals surface area contributed by atoms with Crippen LogP contribution in [0.15, 0.2) is 66.7 Å². The van der Waals surface area contributed by atoms with Crippen molar-refractivity contribution in [2.24, 2.45) is 0 Å². The first-order valence-electron chi connectivity index (χ1n) is 17.1. The number of anilines is 2. The number of hydrogen-bond acceptors (Lipinski definition) is 6. The minimum Gasteiger partial charge on any atom is -0.490 e. The summed E-state index contributed by atoms with van der Waals surface area (Å²) in [5.41, 5.74) is 2.98.